The quantitative estimate of drug-likeness (QED) is 0.440. The average Bonchev–Trinajstić information content (AvgIpc) is 2.79. The molecule has 1 aliphatic rings. The summed E-state index contributed by atoms with van der Waals surface area (Å²) in [7, 11) is 0. The standard InChI is InChI=1S/C25H25Cl/c1-24(2)16-25(3,4)23-15-20(11-12-22(23)24)18-8-5-7-17(13-18)19-9-6-10-21(26)14-19/h5-15H,16H2,1-4H3. The fourth-order valence-electron chi connectivity index (χ4n) is 4.72. The normalized spacial score (nSPS) is 17.1. The molecule has 0 amide bonds. The Kier molecular flexibility index (Phi) is 4.00. The van der Waals surface area contributed by atoms with Gasteiger partial charge in [0.15, 0.2) is 0 Å². The number of benzene rings is 3. The first-order valence-electron chi connectivity index (χ1n) is 9.28. The fraction of sp³-hybridized carbons (Fsp3) is 0.280. The van der Waals surface area contributed by atoms with Gasteiger partial charge in [0, 0.05) is 5.02 Å². The number of rotatable bonds is 2. The molecule has 4 rings (SSSR count). The molecule has 3 aromatic rings. The van der Waals surface area contributed by atoms with Crippen molar-refractivity contribution in [2.45, 2.75) is 44.9 Å². The van der Waals surface area contributed by atoms with Crippen LogP contribution in [0.3, 0.4) is 0 Å². The van der Waals surface area contributed by atoms with E-state index in [4.69, 9.17) is 11.6 Å². The molecule has 0 unspecified atom stereocenters. The summed E-state index contributed by atoms with van der Waals surface area (Å²) < 4.78 is 0. The fourth-order valence-corrected chi connectivity index (χ4v) is 4.91. The van der Waals surface area contributed by atoms with Crippen molar-refractivity contribution >= 4 is 11.6 Å². The third-order valence-electron chi connectivity index (χ3n) is 5.72. The van der Waals surface area contributed by atoms with Gasteiger partial charge in [0.2, 0.25) is 0 Å². The van der Waals surface area contributed by atoms with Crippen LogP contribution in [-0.2, 0) is 10.8 Å². The molecule has 0 atom stereocenters. The molecular weight excluding hydrogens is 336 g/mol. The van der Waals surface area contributed by atoms with Crippen LogP contribution in [0, 0.1) is 0 Å². The van der Waals surface area contributed by atoms with Gasteiger partial charge in [-0.15, -0.1) is 0 Å². The Balaban J connectivity index is 1.79. The van der Waals surface area contributed by atoms with E-state index in [9.17, 15) is 0 Å². The van der Waals surface area contributed by atoms with Gasteiger partial charge >= 0.3 is 0 Å². The summed E-state index contributed by atoms with van der Waals surface area (Å²) in [6.07, 6.45) is 1.20. The van der Waals surface area contributed by atoms with E-state index >= 15 is 0 Å². The van der Waals surface area contributed by atoms with Gasteiger partial charge in [-0.2, -0.15) is 0 Å². The molecule has 0 aromatic heterocycles. The number of fused-ring (bicyclic) bond motifs is 1. The van der Waals surface area contributed by atoms with Gasteiger partial charge in [0.25, 0.3) is 0 Å². The van der Waals surface area contributed by atoms with Crippen molar-refractivity contribution in [1.82, 2.24) is 0 Å². The molecular formula is C25H25Cl. The lowest BCUT2D eigenvalue weighted by Crippen LogP contribution is -2.17. The van der Waals surface area contributed by atoms with Gasteiger partial charge in [-0.3, -0.25) is 0 Å². The molecule has 26 heavy (non-hydrogen) atoms. The van der Waals surface area contributed by atoms with Crippen molar-refractivity contribution in [2.75, 3.05) is 0 Å². The lowest BCUT2D eigenvalue weighted by atomic mass is 9.82. The third-order valence-corrected chi connectivity index (χ3v) is 5.95. The average molecular weight is 361 g/mol. The zero-order valence-electron chi connectivity index (χ0n) is 15.9. The van der Waals surface area contributed by atoms with E-state index in [2.05, 4.69) is 76.2 Å². The summed E-state index contributed by atoms with van der Waals surface area (Å²) in [5, 5.41) is 0.773. The SMILES string of the molecule is CC1(C)CC(C)(C)c2cc(-c3cccc(-c4cccc(Cl)c4)c3)ccc21. The maximum Gasteiger partial charge on any atom is 0.0412 e. The second-order valence-electron chi connectivity index (χ2n) is 8.80. The van der Waals surface area contributed by atoms with Gasteiger partial charge in [-0.1, -0.05) is 87.8 Å². The molecule has 3 aromatic carbocycles. The summed E-state index contributed by atoms with van der Waals surface area (Å²) in [5.41, 5.74) is 8.36. The predicted octanol–water partition coefficient (Wildman–Crippen LogP) is 7.63. The first-order valence-corrected chi connectivity index (χ1v) is 9.65. The van der Waals surface area contributed by atoms with E-state index < -0.39 is 0 Å². The van der Waals surface area contributed by atoms with Gasteiger partial charge in [-0.25, -0.2) is 0 Å². The van der Waals surface area contributed by atoms with Gasteiger partial charge < -0.3 is 0 Å². The first-order chi connectivity index (χ1) is 12.3. The lowest BCUT2D eigenvalue weighted by molar-refractivity contribution is 0.403. The van der Waals surface area contributed by atoms with Crippen LogP contribution in [0.4, 0.5) is 0 Å². The number of halogens is 1. The molecule has 132 valence electrons. The molecule has 0 nitrogen and oxygen atoms in total. The van der Waals surface area contributed by atoms with Crippen LogP contribution in [0.2, 0.25) is 5.02 Å². The van der Waals surface area contributed by atoms with Gasteiger partial charge in [-0.05, 0) is 68.8 Å². The Hall–Kier alpha value is -2.05. The zero-order chi connectivity index (χ0) is 18.5. The molecule has 0 spiro atoms. The number of hydrogen-bond acceptors (Lipinski definition) is 0. The third kappa shape index (κ3) is 2.97. The Morgan fingerprint density at radius 3 is 1.81 bits per heavy atom. The molecule has 1 heteroatoms. The Morgan fingerprint density at radius 2 is 1.15 bits per heavy atom. The summed E-state index contributed by atoms with van der Waals surface area (Å²) in [4.78, 5) is 0. The van der Waals surface area contributed by atoms with E-state index in [-0.39, 0.29) is 10.8 Å². The summed E-state index contributed by atoms with van der Waals surface area (Å²) >= 11 is 6.17. The van der Waals surface area contributed by atoms with Crippen molar-refractivity contribution in [3.63, 3.8) is 0 Å². The van der Waals surface area contributed by atoms with E-state index in [1.165, 1.54) is 34.2 Å². The van der Waals surface area contributed by atoms with Gasteiger partial charge in [0.05, 0.1) is 0 Å². The Morgan fingerprint density at radius 1 is 0.615 bits per heavy atom. The number of hydrogen-bond donors (Lipinski definition) is 0. The summed E-state index contributed by atoms with van der Waals surface area (Å²) in [6.45, 7) is 9.46. The molecule has 0 fully saturated rings. The van der Waals surface area contributed by atoms with Crippen LogP contribution in [0.25, 0.3) is 22.3 Å². The first kappa shape index (κ1) is 17.4. The van der Waals surface area contributed by atoms with E-state index in [1.807, 2.05) is 18.2 Å². The maximum atomic E-state index is 6.17. The molecule has 0 aliphatic heterocycles. The van der Waals surface area contributed by atoms with Crippen LogP contribution in [0.15, 0.2) is 66.7 Å². The topological polar surface area (TPSA) is 0 Å². The molecule has 0 bridgehead atoms. The largest absolute Gasteiger partial charge is 0.0843 e. The summed E-state index contributed by atoms with van der Waals surface area (Å²) in [6, 6.07) is 23.8. The monoisotopic (exact) mass is 360 g/mol. The molecule has 1 aliphatic carbocycles. The van der Waals surface area contributed by atoms with Crippen LogP contribution in [0.5, 0.6) is 0 Å². The molecule has 0 N–H and O–H groups in total. The van der Waals surface area contributed by atoms with Crippen LogP contribution in [-0.4, -0.2) is 0 Å². The van der Waals surface area contributed by atoms with Crippen LogP contribution < -0.4 is 0 Å². The van der Waals surface area contributed by atoms with Crippen molar-refractivity contribution in [1.29, 1.82) is 0 Å². The maximum absolute atomic E-state index is 6.17. The van der Waals surface area contributed by atoms with Gasteiger partial charge in [0.1, 0.15) is 0 Å². The Bertz CT molecular complexity index is 979. The van der Waals surface area contributed by atoms with Crippen molar-refractivity contribution in [3.8, 4) is 22.3 Å². The van der Waals surface area contributed by atoms with Crippen LogP contribution in [0.1, 0.15) is 45.2 Å². The minimum absolute atomic E-state index is 0.222. The molecule has 0 heterocycles. The molecule has 0 radical (unpaired) electrons. The molecule has 0 saturated heterocycles. The summed E-state index contributed by atoms with van der Waals surface area (Å²) in [5.74, 6) is 0. The highest BCUT2D eigenvalue weighted by molar-refractivity contribution is 6.30. The van der Waals surface area contributed by atoms with E-state index in [0.717, 1.165) is 10.6 Å². The van der Waals surface area contributed by atoms with E-state index in [1.54, 1.807) is 0 Å². The highest BCUT2D eigenvalue weighted by Gasteiger charge is 2.41. The molecule has 0 saturated carbocycles. The lowest BCUT2D eigenvalue weighted by Gasteiger charge is -2.22. The van der Waals surface area contributed by atoms with Crippen molar-refractivity contribution in [3.05, 3.63) is 82.9 Å². The van der Waals surface area contributed by atoms with Crippen molar-refractivity contribution in [2.24, 2.45) is 0 Å². The second-order valence-corrected chi connectivity index (χ2v) is 9.23. The minimum Gasteiger partial charge on any atom is -0.0843 e. The second kappa shape index (κ2) is 5.99. The van der Waals surface area contributed by atoms with E-state index in [0.29, 0.717) is 0 Å². The highest BCUT2D eigenvalue weighted by Crippen LogP contribution is 2.50. The highest BCUT2D eigenvalue weighted by atomic mass is 35.5. The Labute approximate surface area is 161 Å². The smallest absolute Gasteiger partial charge is 0.0412 e. The predicted molar refractivity (Wildman–Crippen MR) is 113 cm³/mol. The zero-order valence-corrected chi connectivity index (χ0v) is 16.7. The van der Waals surface area contributed by atoms with Crippen LogP contribution >= 0.6 is 11.6 Å². The van der Waals surface area contributed by atoms with Crippen molar-refractivity contribution < 1.29 is 0 Å². The minimum atomic E-state index is 0.222.